The van der Waals surface area contributed by atoms with Gasteiger partial charge in [-0.2, -0.15) is 13.2 Å². The minimum atomic E-state index is -4.44. The van der Waals surface area contributed by atoms with Gasteiger partial charge < -0.3 is 10.3 Å². The molecule has 2 aromatic rings. The van der Waals surface area contributed by atoms with E-state index >= 15 is 0 Å². The molecule has 8 heteroatoms. The van der Waals surface area contributed by atoms with E-state index in [1.165, 1.54) is 0 Å². The SMILES string of the molecule is Cc1ncc(C(=O)Nc2ccc(C(F)(F)F)cc2)c(=O)[nH]1. The minimum Gasteiger partial charge on any atom is -0.322 e. The van der Waals surface area contributed by atoms with Crippen molar-refractivity contribution in [3.63, 3.8) is 0 Å². The minimum absolute atomic E-state index is 0.146. The normalized spacial score (nSPS) is 11.2. The zero-order valence-corrected chi connectivity index (χ0v) is 10.8. The quantitative estimate of drug-likeness (QED) is 0.893. The molecule has 1 aromatic heterocycles. The summed E-state index contributed by atoms with van der Waals surface area (Å²) < 4.78 is 37.2. The van der Waals surface area contributed by atoms with Crippen LogP contribution in [0.25, 0.3) is 0 Å². The molecule has 0 aliphatic rings. The largest absolute Gasteiger partial charge is 0.416 e. The fourth-order valence-corrected chi connectivity index (χ4v) is 1.59. The molecule has 0 aliphatic carbocycles. The van der Waals surface area contributed by atoms with Gasteiger partial charge in [0.1, 0.15) is 11.4 Å². The summed E-state index contributed by atoms with van der Waals surface area (Å²) in [6.45, 7) is 1.55. The first kappa shape index (κ1) is 14.8. The van der Waals surface area contributed by atoms with Crippen LogP contribution in [-0.4, -0.2) is 15.9 Å². The second-order valence-corrected chi connectivity index (χ2v) is 4.24. The number of aromatic nitrogens is 2. The highest BCUT2D eigenvalue weighted by molar-refractivity contribution is 6.03. The van der Waals surface area contributed by atoms with E-state index in [0.29, 0.717) is 5.82 Å². The van der Waals surface area contributed by atoms with E-state index in [1.54, 1.807) is 6.92 Å². The Morgan fingerprint density at radius 3 is 2.38 bits per heavy atom. The topological polar surface area (TPSA) is 74.8 Å². The summed E-state index contributed by atoms with van der Waals surface area (Å²) in [5, 5.41) is 2.33. The number of hydrogen-bond acceptors (Lipinski definition) is 3. The number of carbonyl (C=O) groups is 1. The zero-order chi connectivity index (χ0) is 15.6. The van der Waals surface area contributed by atoms with E-state index in [4.69, 9.17) is 0 Å². The molecule has 1 aromatic carbocycles. The Bertz CT molecular complexity index is 721. The van der Waals surface area contributed by atoms with E-state index in [-0.39, 0.29) is 11.3 Å². The molecule has 5 nitrogen and oxygen atoms in total. The third kappa shape index (κ3) is 3.47. The van der Waals surface area contributed by atoms with Crippen LogP contribution in [0.2, 0.25) is 0 Å². The number of benzene rings is 1. The summed E-state index contributed by atoms with van der Waals surface area (Å²) in [7, 11) is 0. The van der Waals surface area contributed by atoms with Crippen molar-refractivity contribution in [2.45, 2.75) is 13.1 Å². The number of hydrogen-bond donors (Lipinski definition) is 2. The summed E-state index contributed by atoms with van der Waals surface area (Å²) in [4.78, 5) is 29.5. The summed E-state index contributed by atoms with van der Waals surface area (Å²) >= 11 is 0. The molecule has 1 amide bonds. The van der Waals surface area contributed by atoms with Gasteiger partial charge in [0.05, 0.1) is 5.56 Å². The lowest BCUT2D eigenvalue weighted by atomic mass is 10.2. The molecule has 110 valence electrons. The van der Waals surface area contributed by atoms with Gasteiger partial charge in [-0.1, -0.05) is 0 Å². The number of halogens is 3. The number of aryl methyl sites for hydroxylation is 1. The highest BCUT2D eigenvalue weighted by Crippen LogP contribution is 2.29. The molecule has 0 saturated carbocycles. The maximum Gasteiger partial charge on any atom is 0.416 e. The van der Waals surface area contributed by atoms with E-state index in [0.717, 1.165) is 30.5 Å². The zero-order valence-electron chi connectivity index (χ0n) is 10.8. The molecule has 0 atom stereocenters. The molecule has 0 radical (unpaired) electrons. The van der Waals surface area contributed by atoms with Gasteiger partial charge in [0.2, 0.25) is 0 Å². The van der Waals surface area contributed by atoms with Gasteiger partial charge in [-0.25, -0.2) is 4.98 Å². The van der Waals surface area contributed by atoms with Crippen molar-refractivity contribution < 1.29 is 18.0 Å². The molecule has 2 N–H and O–H groups in total. The molecule has 0 spiro atoms. The van der Waals surface area contributed by atoms with Crippen molar-refractivity contribution in [2.24, 2.45) is 0 Å². The van der Waals surface area contributed by atoms with Gasteiger partial charge in [-0.15, -0.1) is 0 Å². The monoisotopic (exact) mass is 297 g/mol. The van der Waals surface area contributed by atoms with Gasteiger partial charge in [-0.05, 0) is 31.2 Å². The second kappa shape index (κ2) is 5.39. The predicted octanol–water partition coefficient (Wildman–Crippen LogP) is 2.35. The highest BCUT2D eigenvalue weighted by atomic mass is 19.4. The standard InChI is InChI=1S/C13H10F3N3O2/c1-7-17-6-10(11(20)18-7)12(21)19-9-4-2-8(3-5-9)13(14,15)16/h2-6H,1H3,(H,19,21)(H,17,18,20). The smallest absolute Gasteiger partial charge is 0.322 e. The molecule has 0 saturated heterocycles. The first-order valence-electron chi connectivity index (χ1n) is 5.82. The molecule has 0 unspecified atom stereocenters. The molecule has 0 fully saturated rings. The number of anilines is 1. The molecule has 2 rings (SSSR count). The average molecular weight is 297 g/mol. The van der Waals surface area contributed by atoms with Crippen LogP contribution in [0, 0.1) is 6.92 Å². The van der Waals surface area contributed by atoms with Crippen LogP contribution in [0.5, 0.6) is 0 Å². The van der Waals surface area contributed by atoms with Crippen molar-refractivity contribution in [1.82, 2.24) is 9.97 Å². The third-order valence-corrected chi connectivity index (χ3v) is 2.64. The molecule has 21 heavy (non-hydrogen) atoms. The summed E-state index contributed by atoms with van der Waals surface area (Å²) in [5.41, 5.74) is -1.52. The number of aromatic amines is 1. The Kier molecular flexibility index (Phi) is 3.79. The summed E-state index contributed by atoms with van der Waals surface area (Å²) in [5.74, 6) is -0.394. The number of rotatable bonds is 2. The van der Waals surface area contributed by atoms with Gasteiger partial charge in [-0.3, -0.25) is 9.59 Å². The Balaban J connectivity index is 2.18. The molecular weight excluding hydrogens is 287 g/mol. The van der Waals surface area contributed by atoms with Gasteiger partial charge in [0.25, 0.3) is 11.5 Å². The molecule has 0 bridgehead atoms. The van der Waals surface area contributed by atoms with Gasteiger partial charge in [0.15, 0.2) is 0 Å². The Morgan fingerprint density at radius 2 is 1.86 bits per heavy atom. The first-order valence-corrected chi connectivity index (χ1v) is 5.82. The third-order valence-electron chi connectivity index (χ3n) is 2.64. The Morgan fingerprint density at radius 1 is 1.24 bits per heavy atom. The number of H-pyrrole nitrogens is 1. The number of nitrogens with zero attached hydrogens (tertiary/aromatic N) is 1. The second-order valence-electron chi connectivity index (χ2n) is 4.24. The van der Waals surface area contributed by atoms with Crippen LogP contribution in [0.3, 0.4) is 0 Å². The number of amides is 1. The van der Waals surface area contributed by atoms with Crippen LogP contribution in [0.4, 0.5) is 18.9 Å². The number of carbonyl (C=O) groups excluding carboxylic acids is 1. The van der Waals surface area contributed by atoms with Crippen molar-refractivity contribution in [2.75, 3.05) is 5.32 Å². The summed E-state index contributed by atoms with van der Waals surface area (Å²) in [6.07, 6.45) is -3.34. The lowest BCUT2D eigenvalue weighted by molar-refractivity contribution is -0.137. The number of alkyl halides is 3. The maximum atomic E-state index is 12.4. The predicted molar refractivity (Wildman–Crippen MR) is 69.0 cm³/mol. The summed E-state index contributed by atoms with van der Waals surface area (Å²) in [6, 6.07) is 3.90. The van der Waals surface area contributed by atoms with Crippen molar-refractivity contribution in [3.05, 3.63) is 57.8 Å². The lowest BCUT2D eigenvalue weighted by Crippen LogP contribution is -2.24. The van der Waals surface area contributed by atoms with E-state index in [2.05, 4.69) is 15.3 Å². The first-order chi connectivity index (χ1) is 9.77. The number of nitrogens with one attached hydrogen (secondary N) is 2. The van der Waals surface area contributed by atoms with Crippen LogP contribution >= 0.6 is 0 Å². The van der Waals surface area contributed by atoms with Crippen LogP contribution in [-0.2, 0) is 6.18 Å². The molecule has 1 heterocycles. The fraction of sp³-hybridized carbons (Fsp3) is 0.154. The fourth-order valence-electron chi connectivity index (χ4n) is 1.59. The van der Waals surface area contributed by atoms with Crippen LogP contribution < -0.4 is 10.9 Å². The Labute approximate surface area is 116 Å². The van der Waals surface area contributed by atoms with E-state index in [1.807, 2.05) is 0 Å². The van der Waals surface area contributed by atoms with Crippen molar-refractivity contribution in [1.29, 1.82) is 0 Å². The van der Waals surface area contributed by atoms with Crippen molar-refractivity contribution >= 4 is 11.6 Å². The van der Waals surface area contributed by atoms with Crippen LogP contribution in [0.15, 0.2) is 35.3 Å². The van der Waals surface area contributed by atoms with E-state index in [9.17, 15) is 22.8 Å². The van der Waals surface area contributed by atoms with Gasteiger partial charge >= 0.3 is 6.18 Å². The maximum absolute atomic E-state index is 12.4. The van der Waals surface area contributed by atoms with E-state index < -0.39 is 23.2 Å². The van der Waals surface area contributed by atoms with Gasteiger partial charge in [0, 0.05) is 11.9 Å². The van der Waals surface area contributed by atoms with Crippen molar-refractivity contribution in [3.8, 4) is 0 Å². The lowest BCUT2D eigenvalue weighted by Gasteiger charge is -2.08. The highest BCUT2D eigenvalue weighted by Gasteiger charge is 2.30. The molecular formula is C13H10F3N3O2. The van der Waals surface area contributed by atoms with Crippen LogP contribution in [0.1, 0.15) is 21.7 Å². The Hall–Kier alpha value is -2.64. The average Bonchev–Trinajstić information content (AvgIpc) is 2.38. The molecule has 0 aliphatic heterocycles.